The lowest BCUT2D eigenvalue weighted by Crippen LogP contribution is -2.24. The van der Waals surface area contributed by atoms with Gasteiger partial charge in [-0.3, -0.25) is 4.79 Å². The predicted molar refractivity (Wildman–Crippen MR) is 98.3 cm³/mol. The standard InChI is InChI=1S/C19H25NO3S/c1-3-22-12-4-11-20-19(21)18-10-9-17(23-18)14-24-13-16-7-5-15(2)6-8-16/h5-10H,3-4,11-14H2,1-2H3,(H,20,21). The van der Waals surface area contributed by atoms with Crippen molar-refractivity contribution < 1.29 is 13.9 Å². The van der Waals surface area contributed by atoms with Crippen LogP contribution in [0.2, 0.25) is 0 Å². The highest BCUT2D eigenvalue weighted by molar-refractivity contribution is 7.97. The van der Waals surface area contributed by atoms with E-state index in [1.54, 1.807) is 17.8 Å². The highest BCUT2D eigenvalue weighted by atomic mass is 32.2. The molecule has 1 N–H and O–H groups in total. The Hall–Kier alpha value is -1.72. The third-order valence-electron chi connectivity index (χ3n) is 3.47. The predicted octanol–water partition coefficient (Wildman–Crippen LogP) is 4.18. The van der Waals surface area contributed by atoms with Crippen molar-refractivity contribution >= 4 is 17.7 Å². The van der Waals surface area contributed by atoms with E-state index >= 15 is 0 Å². The van der Waals surface area contributed by atoms with Gasteiger partial charge in [-0.15, -0.1) is 11.8 Å². The van der Waals surface area contributed by atoms with Gasteiger partial charge in [0.25, 0.3) is 5.91 Å². The number of hydrogen-bond donors (Lipinski definition) is 1. The molecular formula is C19H25NO3S. The Kier molecular flexibility index (Phi) is 7.92. The van der Waals surface area contributed by atoms with Crippen LogP contribution in [0.5, 0.6) is 0 Å². The van der Waals surface area contributed by atoms with Crippen molar-refractivity contribution in [3.05, 3.63) is 59.0 Å². The molecule has 2 rings (SSSR count). The smallest absolute Gasteiger partial charge is 0.286 e. The molecule has 2 aromatic rings. The summed E-state index contributed by atoms with van der Waals surface area (Å²) in [7, 11) is 0. The van der Waals surface area contributed by atoms with Crippen LogP contribution in [-0.4, -0.2) is 25.7 Å². The zero-order valence-electron chi connectivity index (χ0n) is 14.3. The minimum atomic E-state index is -0.165. The molecule has 1 heterocycles. The molecule has 0 aliphatic carbocycles. The van der Waals surface area contributed by atoms with E-state index in [0.717, 1.165) is 23.7 Å². The molecule has 0 radical (unpaired) electrons. The van der Waals surface area contributed by atoms with Crippen LogP contribution in [0.4, 0.5) is 0 Å². The van der Waals surface area contributed by atoms with Crippen molar-refractivity contribution in [2.45, 2.75) is 31.8 Å². The van der Waals surface area contributed by atoms with Crippen LogP contribution >= 0.6 is 11.8 Å². The minimum absolute atomic E-state index is 0.165. The number of benzene rings is 1. The van der Waals surface area contributed by atoms with Crippen LogP contribution in [0.1, 0.15) is 40.8 Å². The number of furan rings is 1. The van der Waals surface area contributed by atoms with Gasteiger partial charge in [0.1, 0.15) is 5.76 Å². The number of nitrogens with one attached hydrogen (secondary N) is 1. The van der Waals surface area contributed by atoms with Gasteiger partial charge >= 0.3 is 0 Å². The third-order valence-corrected chi connectivity index (χ3v) is 4.50. The molecule has 1 aromatic heterocycles. The summed E-state index contributed by atoms with van der Waals surface area (Å²) < 4.78 is 10.9. The van der Waals surface area contributed by atoms with Gasteiger partial charge in [-0.2, -0.15) is 0 Å². The second kappa shape index (κ2) is 10.2. The normalized spacial score (nSPS) is 10.8. The molecule has 5 heteroatoms. The fraction of sp³-hybridized carbons (Fsp3) is 0.421. The molecule has 0 saturated heterocycles. The van der Waals surface area contributed by atoms with E-state index in [1.807, 2.05) is 13.0 Å². The molecule has 0 aliphatic rings. The van der Waals surface area contributed by atoms with Gasteiger partial charge in [-0.1, -0.05) is 29.8 Å². The van der Waals surface area contributed by atoms with Crippen LogP contribution < -0.4 is 5.32 Å². The molecule has 0 spiro atoms. The zero-order valence-corrected chi connectivity index (χ0v) is 15.2. The molecule has 130 valence electrons. The SMILES string of the molecule is CCOCCCNC(=O)c1ccc(CSCc2ccc(C)cc2)o1. The topological polar surface area (TPSA) is 51.5 Å². The molecule has 0 unspecified atom stereocenters. The van der Waals surface area contributed by atoms with Crippen molar-refractivity contribution in [2.24, 2.45) is 0 Å². The second-order valence-electron chi connectivity index (χ2n) is 5.55. The lowest BCUT2D eigenvalue weighted by atomic mass is 10.2. The Balaban J connectivity index is 1.70. The molecule has 24 heavy (non-hydrogen) atoms. The average molecular weight is 347 g/mol. The Morgan fingerprint density at radius 3 is 2.71 bits per heavy atom. The molecule has 0 saturated carbocycles. The van der Waals surface area contributed by atoms with E-state index in [-0.39, 0.29) is 5.91 Å². The maximum absolute atomic E-state index is 12.0. The molecule has 0 aliphatic heterocycles. The first-order chi connectivity index (χ1) is 11.7. The molecule has 0 bridgehead atoms. The summed E-state index contributed by atoms with van der Waals surface area (Å²) in [5.41, 5.74) is 2.57. The molecule has 0 atom stereocenters. The number of ether oxygens (including phenoxy) is 1. The molecule has 0 fully saturated rings. The van der Waals surface area contributed by atoms with E-state index in [4.69, 9.17) is 9.15 Å². The zero-order chi connectivity index (χ0) is 17.2. The molecular weight excluding hydrogens is 322 g/mol. The van der Waals surface area contributed by atoms with E-state index in [2.05, 4.69) is 36.5 Å². The van der Waals surface area contributed by atoms with Crippen LogP contribution in [0.3, 0.4) is 0 Å². The summed E-state index contributed by atoms with van der Waals surface area (Å²) in [6.45, 7) is 6.01. The number of aryl methyl sites for hydroxylation is 1. The summed E-state index contributed by atoms with van der Waals surface area (Å²) >= 11 is 1.78. The molecule has 1 aromatic carbocycles. The summed E-state index contributed by atoms with van der Waals surface area (Å²) in [6, 6.07) is 12.1. The first kappa shape index (κ1) is 18.6. The fourth-order valence-corrected chi connectivity index (χ4v) is 3.03. The number of thioether (sulfide) groups is 1. The second-order valence-corrected chi connectivity index (χ2v) is 6.54. The quantitative estimate of drug-likeness (QED) is 0.655. The Morgan fingerprint density at radius 1 is 1.17 bits per heavy atom. The lowest BCUT2D eigenvalue weighted by Gasteiger charge is -2.03. The maximum atomic E-state index is 12.0. The van der Waals surface area contributed by atoms with E-state index in [0.29, 0.717) is 25.5 Å². The fourth-order valence-electron chi connectivity index (χ4n) is 2.14. The summed E-state index contributed by atoms with van der Waals surface area (Å²) in [4.78, 5) is 12.0. The Labute approximate surface area is 148 Å². The third kappa shape index (κ3) is 6.42. The number of carbonyl (C=O) groups is 1. The highest BCUT2D eigenvalue weighted by Gasteiger charge is 2.10. The van der Waals surface area contributed by atoms with Gasteiger partial charge in [0, 0.05) is 25.5 Å². The van der Waals surface area contributed by atoms with Gasteiger partial charge in [0.2, 0.25) is 0 Å². The van der Waals surface area contributed by atoms with Crippen molar-refractivity contribution in [3.8, 4) is 0 Å². The molecule has 1 amide bonds. The van der Waals surface area contributed by atoms with Gasteiger partial charge < -0.3 is 14.5 Å². The van der Waals surface area contributed by atoms with Crippen LogP contribution in [-0.2, 0) is 16.2 Å². The van der Waals surface area contributed by atoms with E-state index < -0.39 is 0 Å². The number of hydrogen-bond acceptors (Lipinski definition) is 4. The average Bonchev–Trinajstić information content (AvgIpc) is 3.05. The summed E-state index contributed by atoms with van der Waals surface area (Å²) in [5, 5.41) is 2.84. The van der Waals surface area contributed by atoms with Crippen molar-refractivity contribution in [1.29, 1.82) is 0 Å². The number of rotatable bonds is 10. The van der Waals surface area contributed by atoms with Gasteiger partial charge in [-0.05, 0) is 38.0 Å². The van der Waals surface area contributed by atoms with E-state index in [9.17, 15) is 4.79 Å². The Bertz CT molecular complexity index is 622. The summed E-state index contributed by atoms with van der Waals surface area (Å²) in [6.07, 6.45) is 0.805. The number of amides is 1. The minimum Gasteiger partial charge on any atom is -0.455 e. The lowest BCUT2D eigenvalue weighted by molar-refractivity contribution is 0.0915. The van der Waals surface area contributed by atoms with Gasteiger partial charge in [0.15, 0.2) is 5.76 Å². The monoisotopic (exact) mass is 347 g/mol. The highest BCUT2D eigenvalue weighted by Crippen LogP contribution is 2.20. The summed E-state index contributed by atoms with van der Waals surface area (Å²) in [5.74, 6) is 2.72. The van der Waals surface area contributed by atoms with Crippen molar-refractivity contribution in [2.75, 3.05) is 19.8 Å². The molecule has 4 nitrogen and oxygen atoms in total. The van der Waals surface area contributed by atoms with Crippen LogP contribution in [0.25, 0.3) is 0 Å². The van der Waals surface area contributed by atoms with Crippen molar-refractivity contribution in [3.63, 3.8) is 0 Å². The largest absolute Gasteiger partial charge is 0.455 e. The van der Waals surface area contributed by atoms with E-state index in [1.165, 1.54) is 11.1 Å². The number of carbonyl (C=O) groups excluding carboxylic acids is 1. The Morgan fingerprint density at radius 2 is 1.96 bits per heavy atom. The van der Waals surface area contributed by atoms with Gasteiger partial charge in [-0.25, -0.2) is 0 Å². The first-order valence-electron chi connectivity index (χ1n) is 8.27. The van der Waals surface area contributed by atoms with Crippen molar-refractivity contribution in [1.82, 2.24) is 5.32 Å². The maximum Gasteiger partial charge on any atom is 0.286 e. The van der Waals surface area contributed by atoms with Gasteiger partial charge in [0.05, 0.1) is 5.75 Å². The van der Waals surface area contributed by atoms with Crippen LogP contribution in [0.15, 0.2) is 40.8 Å². The first-order valence-corrected chi connectivity index (χ1v) is 9.42. The van der Waals surface area contributed by atoms with Crippen LogP contribution in [0, 0.1) is 6.92 Å².